The summed E-state index contributed by atoms with van der Waals surface area (Å²) in [5.74, 6) is 0. The summed E-state index contributed by atoms with van der Waals surface area (Å²) < 4.78 is 0. The first-order valence-corrected chi connectivity index (χ1v) is 16.9. The molecule has 8 aromatic carbocycles. The molecule has 8 rings (SSSR count). The van der Waals surface area contributed by atoms with Crippen molar-refractivity contribution in [3.63, 3.8) is 0 Å². The second kappa shape index (κ2) is 14.6. The van der Waals surface area contributed by atoms with Gasteiger partial charge in [-0.15, -0.1) is 15.3 Å². The summed E-state index contributed by atoms with van der Waals surface area (Å²) in [5.41, 5.74) is 9.98. The van der Waals surface area contributed by atoms with Gasteiger partial charge in [0.05, 0.1) is 35.0 Å². The van der Waals surface area contributed by atoms with Gasteiger partial charge in [-0.1, -0.05) is 140 Å². The molecular weight excluding hydrogens is 637 g/mol. The van der Waals surface area contributed by atoms with E-state index < -0.39 is 0 Å². The molecular formula is C46H30N6. The average Bonchev–Trinajstić information content (AvgIpc) is 3.22. The lowest BCUT2D eigenvalue weighted by molar-refractivity contribution is 1.23. The first kappa shape index (κ1) is 31.9. The zero-order valence-electron chi connectivity index (χ0n) is 28.0. The monoisotopic (exact) mass is 666 g/mol. The highest BCUT2D eigenvalue weighted by Crippen LogP contribution is 2.38. The largest absolute Gasteiger partial charge is 0.256 e. The van der Waals surface area contributed by atoms with Crippen molar-refractivity contribution in [2.45, 2.75) is 0 Å². The van der Waals surface area contributed by atoms with Crippen molar-refractivity contribution in [3.8, 4) is 22.3 Å². The molecule has 0 radical (unpaired) electrons. The Bertz CT molecular complexity index is 2650. The zero-order chi connectivity index (χ0) is 35.1. The Morgan fingerprint density at radius 1 is 0.365 bits per heavy atom. The summed E-state index contributed by atoms with van der Waals surface area (Å²) in [6.45, 7) is 7.16. The average molecular weight is 667 g/mol. The molecule has 0 heterocycles. The van der Waals surface area contributed by atoms with Crippen molar-refractivity contribution >= 4 is 61.9 Å². The first-order chi connectivity index (χ1) is 25.7. The smallest absolute Gasteiger partial charge is 0.187 e. The van der Waals surface area contributed by atoms with Gasteiger partial charge in [-0.2, -0.15) is 5.11 Å². The van der Waals surface area contributed by atoms with E-state index >= 15 is 0 Å². The number of hydrogen-bond donors (Lipinski definition) is 0. The predicted octanol–water partition coefficient (Wildman–Crippen LogP) is 14.5. The third-order valence-electron chi connectivity index (χ3n) is 8.86. The molecule has 0 spiro atoms. The number of rotatable bonds is 8. The van der Waals surface area contributed by atoms with Gasteiger partial charge in [-0.3, -0.25) is 4.99 Å². The number of azo groups is 2. The molecule has 0 saturated heterocycles. The predicted molar refractivity (Wildman–Crippen MR) is 214 cm³/mol. The molecule has 0 aromatic heterocycles. The maximum atomic E-state index is 7.16. The topological polar surface area (TPSA) is 66.2 Å². The molecule has 8 aromatic rings. The van der Waals surface area contributed by atoms with Crippen LogP contribution in [0, 0.1) is 6.57 Å². The van der Waals surface area contributed by atoms with E-state index in [1.165, 1.54) is 11.1 Å². The molecule has 0 aliphatic rings. The van der Waals surface area contributed by atoms with Gasteiger partial charge in [0.15, 0.2) is 5.69 Å². The van der Waals surface area contributed by atoms with Crippen LogP contribution in [0.3, 0.4) is 0 Å². The quantitative estimate of drug-likeness (QED) is 0.0880. The van der Waals surface area contributed by atoms with Gasteiger partial charge in [0.1, 0.15) is 0 Å². The normalized spacial score (nSPS) is 11.6. The van der Waals surface area contributed by atoms with E-state index in [0.29, 0.717) is 5.69 Å². The summed E-state index contributed by atoms with van der Waals surface area (Å²) in [6.07, 6.45) is 1.90. The van der Waals surface area contributed by atoms with Crippen LogP contribution in [-0.2, 0) is 0 Å². The third kappa shape index (κ3) is 6.88. The first-order valence-electron chi connectivity index (χ1n) is 16.9. The van der Waals surface area contributed by atoms with Crippen LogP contribution >= 0.6 is 0 Å². The molecule has 0 aliphatic carbocycles. The van der Waals surface area contributed by atoms with Gasteiger partial charge in [-0.05, 0) is 64.2 Å². The molecule has 0 saturated carbocycles. The number of hydrogen-bond acceptors (Lipinski definition) is 5. The maximum absolute atomic E-state index is 7.16. The summed E-state index contributed by atoms with van der Waals surface area (Å²) in [4.78, 5) is 8.32. The Kier molecular flexibility index (Phi) is 8.97. The summed E-state index contributed by atoms with van der Waals surface area (Å²) in [6, 6.07) is 58.2. The Balaban J connectivity index is 1.02. The lowest BCUT2D eigenvalue weighted by Gasteiger charge is -2.07. The highest BCUT2D eigenvalue weighted by molar-refractivity contribution is 6.02. The lowest BCUT2D eigenvalue weighted by Crippen LogP contribution is -1.83. The number of fused-ring (bicyclic) bond motifs is 2. The van der Waals surface area contributed by atoms with Gasteiger partial charge >= 0.3 is 0 Å². The fourth-order valence-electron chi connectivity index (χ4n) is 6.11. The van der Waals surface area contributed by atoms with Crippen molar-refractivity contribution < 1.29 is 0 Å². The van der Waals surface area contributed by atoms with Gasteiger partial charge in [0.25, 0.3) is 0 Å². The summed E-state index contributed by atoms with van der Waals surface area (Å²) in [7, 11) is 0. The minimum absolute atomic E-state index is 0.625. The minimum atomic E-state index is 0.625. The Morgan fingerprint density at radius 2 is 0.769 bits per heavy atom. The van der Waals surface area contributed by atoms with E-state index in [2.05, 4.69) is 75.7 Å². The zero-order valence-corrected chi connectivity index (χ0v) is 28.0. The van der Waals surface area contributed by atoms with Crippen LogP contribution in [0.5, 0.6) is 0 Å². The molecule has 244 valence electrons. The minimum Gasteiger partial charge on any atom is -0.256 e. The molecule has 0 atom stereocenters. The van der Waals surface area contributed by atoms with Crippen LogP contribution < -0.4 is 0 Å². The highest BCUT2D eigenvalue weighted by Gasteiger charge is 2.08. The van der Waals surface area contributed by atoms with Gasteiger partial charge in [-0.25, -0.2) is 4.85 Å². The van der Waals surface area contributed by atoms with Crippen LogP contribution in [0.2, 0.25) is 0 Å². The van der Waals surface area contributed by atoms with Crippen molar-refractivity contribution in [2.75, 3.05) is 0 Å². The Morgan fingerprint density at radius 3 is 1.29 bits per heavy atom. The molecule has 0 N–H and O–H groups in total. The van der Waals surface area contributed by atoms with Gasteiger partial charge in [0.2, 0.25) is 0 Å². The van der Waals surface area contributed by atoms with Crippen LogP contribution in [-0.4, -0.2) is 6.21 Å². The van der Waals surface area contributed by atoms with Gasteiger partial charge in [0, 0.05) is 27.8 Å². The van der Waals surface area contributed by atoms with E-state index in [0.717, 1.165) is 66.7 Å². The van der Waals surface area contributed by atoms with Crippen LogP contribution in [0.4, 0.5) is 34.1 Å². The molecule has 0 amide bonds. The van der Waals surface area contributed by atoms with E-state index in [4.69, 9.17) is 21.8 Å². The SMILES string of the molecule is [C-]#[N+]c1ccc(-c2ccc(N=Nc3ccc(N=Nc4ccc(N=Cc5ccc(-c6ccccc6)cc5)c5ccccc45)c4ccccc34)cc2)cc1. The number of nitrogens with zero attached hydrogens (tertiary/aromatic N) is 6. The van der Waals surface area contributed by atoms with Crippen LogP contribution in [0.25, 0.3) is 48.6 Å². The highest BCUT2D eigenvalue weighted by atomic mass is 15.1. The van der Waals surface area contributed by atoms with Crippen molar-refractivity contribution in [2.24, 2.45) is 25.4 Å². The third-order valence-corrected chi connectivity index (χ3v) is 8.86. The molecule has 0 unspecified atom stereocenters. The molecule has 6 nitrogen and oxygen atoms in total. The van der Waals surface area contributed by atoms with Crippen molar-refractivity contribution in [1.82, 2.24) is 0 Å². The van der Waals surface area contributed by atoms with Crippen LogP contribution in [0.1, 0.15) is 5.56 Å². The lowest BCUT2D eigenvalue weighted by atomic mass is 10.0. The molecule has 0 aliphatic heterocycles. The molecule has 0 bridgehead atoms. The fraction of sp³-hybridized carbons (Fsp3) is 0. The second-order valence-corrected chi connectivity index (χ2v) is 12.2. The van der Waals surface area contributed by atoms with Gasteiger partial charge < -0.3 is 0 Å². The van der Waals surface area contributed by atoms with Crippen LogP contribution in [0.15, 0.2) is 201 Å². The van der Waals surface area contributed by atoms with E-state index in [1.54, 1.807) is 0 Å². The van der Waals surface area contributed by atoms with E-state index in [9.17, 15) is 0 Å². The number of aliphatic imine (C=N–C) groups is 1. The van der Waals surface area contributed by atoms with Crippen molar-refractivity contribution in [1.29, 1.82) is 0 Å². The standard InChI is InChI=1S/C46H30N6/c1-47-37-23-19-35(20-24-37)36-21-25-38(26-22-36)49-50-44-29-30-46(42-14-8-7-13-41(42)44)52-51-45-28-27-43(39-11-5-6-12-40(39)45)48-31-32-15-17-34(18-16-32)33-9-3-2-4-10-33/h2-31H. The Hall–Kier alpha value is -7.36. The Labute approximate surface area is 301 Å². The fourth-order valence-corrected chi connectivity index (χ4v) is 6.11. The molecule has 52 heavy (non-hydrogen) atoms. The van der Waals surface area contributed by atoms with E-state index in [1.807, 2.05) is 121 Å². The van der Waals surface area contributed by atoms with E-state index in [-0.39, 0.29) is 0 Å². The summed E-state index contributed by atoms with van der Waals surface area (Å²) >= 11 is 0. The second-order valence-electron chi connectivity index (χ2n) is 12.2. The maximum Gasteiger partial charge on any atom is 0.187 e. The van der Waals surface area contributed by atoms with Crippen molar-refractivity contribution in [3.05, 3.63) is 193 Å². The molecule has 6 heteroatoms. The molecule has 0 fully saturated rings. The number of benzene rings is 8. The summed E-state index contributed by atoms with van der Waals surface area (Å²) in [5, 5.41) is 22.4.